The molecule has 1 amide bonds. The van der Waals surface area contributed by atoms with Gasteiger partial charge >= 0.3 is 5.16 Å². The van der Waals surface area contributed by atoms with Crippen LogP contribution in [0.5, 0.6) is 11.5 Å². The van der Waals surface area contributed by atoms with Crippen molar-refractivity contribution in [1.82, 2.24) is 15.6 Å². The largest absolute Gasteiger partial charge is 0.870 e. The second kappa shape index (κ2) is 11.7. The second-order valence-electron chi connectivity index (χ2n) is 10.2. The fourth-order valence-electron chi connectivity index (χ4n) is 3.91. The van der Waals surface area contributed by atoms with E-state index in [1.807, 2.05) is 23.6 Å². The summed E-state index contributed by atoms with van der Waals surface area (Å²) >= 11 is 1.31. The summed E-state index contributed by atoms with van der Waals surface area (Å²) in [5.74, 6) is 0.679. The Hall–Kier alpha value is -4.11. The van der Waals surface area contributed by atoms with Gasteiger partial charge in [-0.25, -0.2) is 5.43 Å². The van der Waals surface area contributed by atoms with E-state index in [9.17, 15) is 9.90 Å². The predicted octanol–water partition coefficient (Wildman–Crippen LogP) is 4.67. The van der Waals surface area contributed by atoms with Crippen LogP contribution in [-0.4, -0.2) is 34.7 Å². The highest BCUT2D eigenvalue weighted by Gasteiger charge is 2.25. The maximum Gasteiger partial charge on any atom is 0.342 e. The summed E-state index contributed by atoms with van der Waals surface area (Å²) in [4.78, 5) is 12.7. The van der Waals surface area contributed by atoms with Crippen LogP contribution < -0.4 is 19.8 Å². The number of methoxy groups -OCH3 is 1. The fourth-order valence-corrected chi connectivity index (χ4v) is 4.67. The molecule has 2 N–H and O–H groups in total. The predicted molar refractivity (Wildman–Crippen MR) is 153 cm³/mol. The highest BCUT2D eigenvalue weighted by atomic mass is 32.2. The van der Waals surface area contributed by atoms with Gasteiger partial charge in [-0.2, -0.15) is 9.67 Å². The number of carbonyl (C=O) groups is 1. The SMILES string of the molecule is COc1cc(C(C)=NNC(=O)CSc2n[nH]c(-c3ccc(C(C)(C)C)cc3)[n+]2-c2ccc(C)cc2)ccc1[O-]. The molecule has 4 rings (SSSR count). The molecule has 0 atom stereocenters. The zero-order valence-corrected chi connectivity index (χ0v) is 23.8. The molecule has 0 aliphatic rings. The quantitative estimate of drug-likeness (QED) is 0.145. The highest BCUT2D eigenvalue weighted by molar-refractivity contribution is 7.99. The Morgan fingerprint density at radius 2 is 1.79 bits per heavy atom. The van der Waals surface area contributed by atoms with Crippen molar-refractivity contribution in [3.05, 3.63) is 83.4 Å². The van der Waals surface area contributed by atoms with Gasteiger partial charge in [0.2, 0.25) is 0 Å². The molecule has 0 bridgehead atoms. The minimum atomic E-state index is -0.277. The Kier molecular flexibility index (Phi) is 8.40. The minimum absolute atomic E-state index is 0.0558. The molecule has 0 spiro atoms. The Morgan fingerprint density at radius 3 is 2.44 bits per heavy atom. The molecule has 8 nitrogen and oxygen atoms in total. The van der Waals surface area contributed by atoms with Gasteiger partial charge in [0.15, 0.2) is 0 Å². The lowest BCUT2D eigenvalue weighted by molar-refractivity contribution is -0.625. The first-order valence-electron chi connectivity index (χ1n) is 12.6. The highest BCUT2D eigenvalue weighted by Crippen LogP contribution is 2.26. The van der Waals surface area contributed by atoms with Crippen LogP contribution in [0, 0.1) is 6.92 Å². The van der Waals surface area contributed by atoms with E-state index < -0.39 is 0 Å². The summed E-state index contributed by atoms with van der Waals surface area (Å²) in [5.41, 5.74) is 8.23. The topological polar surface area (TPSA) is 106 Å². The number of rotatable bonds is 8. The number of H-pyrrole nitrogens is 1. The third-order valence-electron chi connectivity index (χ3n) is 6.25. The number of nitrogens with one attached hydrogen (secondary N) is 2. The molecule has 202 valence electrons. The number of amides is 1. The lowest BCUT2D eigenvalue weighted by Crippen LogP contribution is -2.34. The van der Waals surface area contributed by atoms with E-state index >= 15 is 0 Å². The van der Waals surface area contributed by atoms with Crippen molar-refractivity contribution in [3.63, 3.8) is 0 Å². The summed E-state index contributed by atoms with van der Waals surface area (Å²) in [5, 5.41) is 24.3. The zero-order valence-electron chi connectivity index (χ0n) is 23.0. The van der Waals surface area contributed by atoms with E-state index in [1.165, 1.54) is 30.5 Å². The molecule has 0 saturated heterocycles. The molecule has 1 heterocycles. The van der Waals surface area contributed by atoms with Crippen molar-refractivity contribution in [3.8, 4) is 28.6 Å². The van der Waals surface area contributed by atoms with Crippen LogP contribution in [0.25, 0.3) is 17.1 Å². The maximum absolute atomic E-state index is 12.7. The van der Waals surface area contributed by atoms with Crippen LogP contribution in [-0.2, 0) is 10.2 Å². The van der Waals surface area contributed by atoms with Crippen molar-refractivity contribution in [2.75, 3.05) is 12.9 Å². The molecule has 0 fully saturated rings. The number of hydrogen-bond acceptors (Lipinski definition) is 6. The molecule has 0 radical (unpaired) electrons. The molecule has 4 aromatic rings. The Labute approximate surface area is 233 Å². The summed E-state index contributed by atoms with van der Waals surface area (Å²) in [6, 6.07) is 21.3. The monoisotopic (exact) mass is 543 g/mol. The van der Waals surface area contributed by atoms with E-state index in [4.69, 9.17) is 4.74 Å². The maximum atomic E-state index is 12.7. The first kappa shape index (κ1) is 27.9. The summed E-state index contributed by atoms with van der Waals surface area (Å²) in [6.07, 6.45) is 0. The van der Waals surface area contributed by atoms with Crippen LogP contribution in [0.3, 0.4) is 0 Å². The Bertz CT molecular complexity index is 1490. The van der Waals surface area contributed by atoms with E-state index in [0.29, 0.717) is 16.4 Å². The summed E-state index contributed by atoms with van der Waals surface area (Å²) in [7, 11) is 1.44. The van der Waals surface area contributed by atoms with E-state index in [1.54, 1.807) is 19.1 Å². The average molecular weight is 544 g/mol. The van der Waals surface area contributed by atoms with Gasteiger partial charge in [0.1, 0.15) is 11.4 Å². The van der Waals surface area contributed by atoms with Gasteiger partial charge in [-0.1, -0.05) is 68.5 Å². The Morgan fingerprint density at radius 1 is 1.10 bits per heavy atom. The Balaban J connectivity index is 1.54. The molecule has 39 heavy (non-hydrogen) atoms. The van der Waals surface area contributed by atoms with Gasteiger partial charge in [0, 0.05) is 5.56 Å². The van der Waals surface area contributed by atoms with Crippen LogP contribution in [0.4, 0.5) is 0 Å². The number of nitrogens with zero attached hydrogens (tertiary/aromatic N) is 3. The van der Waals surface area contributed by atoms with Crippen LogP contribution in [0.2, 0.25) is 0 Å². The molecule has 3 aromatic carbocycles. The van der Waals surface area contributed by atoms with Crippen molar-refractivity contribution in [2.24, 2.45) is 5.10 Å². The second-order valence-corrected chi connectivity index (χ2v) is 11.2. The number of benzene rings is 3. The summed E-state index contributed by atoms with van der Waals surface area (Å²) in [6.45, 7) is 10.4. The molecule has 1 aromatic heterocycles. The number of hydrazone groups is 1. The van der Waals surface area contributed by atoms with Crippen molar-refractivity contribution < 1.29 is 19.2 Å². The van der Waals surface area contributed by atoms with Crippen LogP contribution >= 0.6 is 11.8 Å². The van der Waals surface area contributed by atoms with Gasteiger partial charge in [-0.3, -0.25) is 4.79 Å². The van der Waals surface area contributed by atoms with E-state index in [-0.39, 0.29) is 28.6 Å². The number of thioether (sulfide) groups is 1. The van der Waals surface area contributed by atoms with Crippen molar-refractivity contribution >= 4 is 23.4 Å². The molecular formula is C30H33N5O3S. The number of aromatic amines is 1. The van der Waals surface area contributed by atoms with Gasteiger partial charge in [0.25, 0.3) is 11.7 Å². The van der Waals surface area contributed by atoms with Gasteiger partial charge in [0.05, 0.1) is 29.2 Å². The zero-order chi connectivity index (χ0) is 28.2. The number of hydrogen-bond donors (Lipinski definition) is 2. The molecule has 0 unspecified atom stereocenters. The van der Waals surface area contributed by atoms with E-state index in [0.717, 1.165) is 22.6 Å². The first-order valence-corrected chi connectivity index (χ1v) is 13.5. The van der Waals surface area contributed by atoms with Gasteiger partial charge in [-0.15, -0.1) is 5.10 Å². The standard InChI is InChI=1S/C30H33N5O3S/c1-19-7-14-24(15-8-19)35-28(21-9-12-23(13-10-21)30(3,4)5)33-34-29(35)39-18-27(37)32-31-20(2)22-11-16-25(36)26(17-22)38-6/h7-17H,18H2,1-6H3,(H2,31,32,36,37). The van der Waals surface area contributed by atoms with Crippen LogP contribution in [0.15, 0.2) is 77.0 Å². The number of aryl methyl sites for hydroxylation is 1. The minimum Gasteiger partial charge on any atom is -0.870 e. The number of aromatic nitrogens is 3. The van der Waals surface area contributed by atoms with Gasteiger partial charge in [-0.05, 0) is 66.9 Å². The van der Waals surface area contributed by atoms with Crippen molar-refractivity contribution in [2.45, 2.75) is 45.2 Å². The van der Waals surface area contributed by atoms with Crippen LogP contribution in [0.1, 0.15) is 44.4 Å². The lowest BCUT2D eigenvalue weighted by atomic mass is 9.87. The lowest BCUT2D eigenvalue weighted by Gasteiger charge is -2.18. The van der Waals surface area contributed by atoms with Gasteiger partial charge < -0.3 is 9.84 Å². The molecule has 0 saturated carbocycles. The fraction of sp³-hybridized carbons (Fsp3) is 0.267. The number of carbonyl (C=O) groups excluding carboxylic acids is 1. The molecular weight excluding hydrogens is 510 g/mol. The number of ether oxygens (including phenoxy) is 1. The van der Waals surface area contributed by atoms with Crippen molar-refractivity contribution in [1.29, 1.82) is 0 Å². The smallest absolute Gasteiger partial charge is 0.342 e. The third-order valence-corrected chi connectivity index (χ3v) is 7.19. The molecule has 0 aliphatic carbocycles. The summed E-state index contributed by atoms with van der Waals surface area (Å²) < 4.78 is 7.11. The molecule has 0 aliphatic heterocycles. The van der Waals surface area contributed by atoms with E-state index in [2.05, 4.69) is 77.9 Å². The third kappa shape index (κ3) is 6.67. The first-order chi connectivity index (χ1) is 18.6. The molecule has 9 heteroatoms. The normalized spacial score (nSPS) is 11.9. The average Bonchev–Trinajstić information content (AvgIpc) is 3.34.